The van der Waals surface area contributed by atoms with Gasteiger partial charge in [0, 0.05) is 6.20 Å². The molecule has 0 saturated heterocycles. The van der Waals surface area contributed by atoms with Crippen LogP contribution in [0.4, 0.5) is 18.9 Å². The summed E-state index contributed by atoms with van der Waals surface area (Å²) in [6.07, 6.45) is -3.25. The van der Waals surface area contributed by atoms with E-state index >= 15 is 0 Å². The van der Waals surface area contributed by atoms with Crippen LogP contribution in [0.3, 0.4) is 0 Å². The number of benzene rings is 1. The number of rotatable bonds is 3. The fourth-order valence-electron chi connectivity index (χ4n) is 1.38. The van der Waals surface area contributed by atoms with E-state index in [0.29, 0.717) is 0 Å². The van der Waals surface area contributed by atoms with Gasteiger partial charge in [-0.25, -0.2) is 0 Å². The number of nitrogens with one attached hydrogen (secondary N) is 2. The summed E-state index contributed by atoms with van der Waals surface area (Å²) < 4.78 is 37.5. The van der Waals surface area contributed by atoms with Crippen LogP contribution in [-0.4, -0.2) is 20.6 Å². The third-order valence-electron chi connectivity index (χ3n) is 2.38. The molecule has 0 fully saturated rings. The molecule has 1 heterocycles. The first-order valence-electron chi connectivity index (χ1n) is 5.39. The third kappa shape index (κ3) is 3.49. The van der Waals surface area contributed by atoms with E-state index in [-0.39, 0.29) is 22.1 Å². The number of nitrogens with zero attached hydrogens (tertiary/aromatic N) is 4. The number of tetrazole rings is 1. The Balaban J connectivity index is 2.23. The Morgan fingerprint density at radius 2 is 2.19 bits per heavy atom. The molecule has 6 nitrogen and oxygen atoms in total. The van der Waals surface area contributed by atoms with Crippen molar-refractivity contribution in [3.05, 3.63) is 40.8 Å². The van der Waals surface area contributed by atoms with Crippen molar-refractivity contribution in [1.29, 1.82) is 5.26 Å². The molecule has 0 saturated carbocycles. The van der Waals surface area contributed by atoms with E-state index in [9.17, 15) is 13.2 Å². The van der Waals surface area contributed by atoms with Gasteiger partial charge in [0.2, 0.25) is 5.82 Å². The highest BCUT2D eigenvalue weighted by atomic mass is 35.5. The molecule has 108 valence electrons. The first kappa shape index (κ1) is 14.8. The SMILES string of the molecule is N#CC(=CNc1ccc(C(F)(F)F)cc1Cl)c1nn[nH]n1. The smallest absolute Gasteiger partial charge is 0.359 e. The Kier molecular flexibility index (Phi) is 4.09. The minimum absolute atomic E-state index is 0.0414. The van der Waals surface area contributed by atoms with E-state index in [0.717, 1.165) is 18.2 Å². The molecule has 2 rings (SSSR count). The van der Waals surface area contributed by atoms with Gasteiger partial charge in [-0.1, -0.05) is 11.6 Å². The lowest BCUT2D eigenvalue weighted by Gasteiger charge is -2.09. The van der Waals surface area contributed by atoms with Gasteiger partial charge in [0.15, 0.2) is 0 Å². The summed E-state index contributed by atoms with van der Waals surface area (Å²) in [6.45, 7) is 0. The largest absolute Gasteiger partial charge is 0.416 e. The Bertz CT molecular complexity index is 702. The monoisotopic (exact) mass is 314 g/mol. The zero-order valence-corrected chi connectivity index (χ0v) is 10.9. The summed E-state index contributed by atoms with van der Waals surface area (Å²) in [5, 5.41) is 24.1. The molecule has 21 heavy (non-hydrogen) atoms. The predicted molar refractivity (Wildman–Crippen MR) is 67.8 cm³/mol. The van der Waals surface area contributed by atoms with E-state index < -0.39 is 11.7 Å². The number of aromatic amines is 1. The van der Waals surface area contributed by atoms with Crippen LogP contribution in [-0.2, 0) is 6.18 Å². The Morgan fingerprint density at radius 1 is 1.43 bits per heavy atom. The van der Waals surface area contributed by atoms with Gasteiger partial charge in [-0.05, 0) is 23.4 Å². The van der Waals surface area contributed by atoms with Crippen molar-refractivity contribution >= 4 is 22.9 Å². The summed E-state index contributed by atoms with van der Waals surface area (Å²) in [5.41, 5.74) is -0.610. The second-order valence-corrected chi connectivity index (χ2v) is 4.15. The molecule has 2 aromatic rings. The molecule has 0 spiro atoms. The van der Waals surface area contributed by atoms with Crippen molar-refractivity contribution in [3.8, 4) is 6.07 Å². The fraction of sp³-hybridized carbons (Fsp3) is 0.0909. The van der Waals surface area contributed by atoms with Crippen LogP contribution < -0.4 is 5.32 Å². The highest BCUT2D eigenvalue weighted by Crippen LogP contribution is 2.33. The molecule has 0 radical (unpaired) electrons. The van der Waals surface area contributed by atoms with Crippen molar-refractivity contribution < 1.29 is 13.2 Å². The van der Waals surface area contributed by atoms with E-state index in [1.807, 2.05) is 6.07 Å². The van der Waals surface area contributed by atoms with E-state index in [4.69, 9.17) is 16.9 Å². The molecular weight excluding hydrogens is 309 g/mol. The normalized spacial score (nSPS) is 12.0. The van der Waals surface area contributed by atoms with Gasteiger partial charge in [0.1, 0.15) is 11.6 Å². The van der Waals surface area contributed by atoms with Gasteiger partial charge in [-0.3, -0.25) is 0 Å². The molecule has 10 heteroatoms. The summed E-state index contributed by atoms with van der Waals surface area (Å²) in [6, 6.07) is 4.65. The first-order valence-corrected chi connectivity index (χ1v) is 5.77. The van der Waals surface area contributed by atoms with E-state index in [1.54, 1.807) is 0 Å². The second-order valence-electron chi connectivity index (χ2n) is 3.74. The maximum atomic E-state index is 12.5. The molecule has 1 aromatic heterocycles. The van der Waals surface area contributed by atoms with Crippen LogP contribution in [0.1, 0.15) is 11.4 Å². The van der Waals surface area contributed by atoms with E-state index in [1.165, 1.54) is 6.20 Å². The summed E-state index contributed by atoms with van der Waals surface area (Å²) in [5.74, 6) is 0.0491. The lowest BCUT2D eigenvalue weighted by molar-refractivity contribution is -0.137. The summed E-state index contributed by atoms with van der Waals surface area (Å²) in [7, 11) is 0. The highest BCUT2D eigenvalue weighted by Gasteiger charge is 2.30. The number of allylic oxidation sites excluding steroid dienone is 1. The van der Waals surface area contributed by atoms with Crippen molar-refractivity contribution in [2.45, 2.75) is 6.18 Å². The van der Waals surface area contributed by atoms with Gasteiger partial charge in [-0.15, -0.1) is 10.2 Å². The topological polar surface area (TPSA) is 90.3 Å². The molecule has 0 atom stereocenters. The Labute approximate surface area is 121 Å². The van der Waals surface area contributed by atoms with Crippen molar-refractivity contribution in [2.24, 2.45) is 0 Å². The highest BCUT2D eigenvalue weighted by molar-refractivity contribution is 6.33. The molecule has 0 aliphatic rings. The number of nitriles is 1. The Morgan fingerprint density at radius 3 is 2.71 bits per heavy atom. The van der Waals surface area contributed by atoms with Crippen molar-refractivity contribution in [3.63, 3.8) is 0 Å². The molecule has 0 unspecified atom stereocenters. The fourth-order valence-corrected chi connectivity index (χ4v) is 1.62. The molecule has 2 N–H and O–H groups in total. The molecule has 0 aliphatic heterocycles. The number of alkyl halides is 3. The molecule has 0 bridgehead atoms. The third-order valence-corrected chi connectivity index (χ3v) is 2.69. The zero-order chi connectivity index (χ0) is 15.5. The minimum Gasteiger partial charge on any atom is -0.359 e. The quantitative estimate of drug-likeness (QED) is 0.850. The van der Waals surface area contributed by atoms with Gasteiger partial charge < -0.3 is 5.32 Å². The maximum Gasteiger partial charge on any atom is 0.416 e. The summed E-state index contributed by atoms with van der Waals surface area (Å²) >= 11 is 5.76. The van der Waals surface area contributed by atoms with Gasteiger partial charge in [-0.2, -0.15) is 23.6 Å². The van der Waals surface area contributed by atoms with Gasteiger partial charge >= 0.3 is 6.18 Å². The lowest BCUT2D eigenvalue weighted by atomic mass is 10.2. The lowest BCUT2D eigenvalue weighted by Crippen LogP contribution is -2.05. The van der Waals surface area contributed by atoms with Crippen molar-refractivity contribution in [1.82, 2.24) is 20.6 Å². The predicted octanol–water partition coefficient (Wildman–Crippen LogP) is 2.85. The standard InChI is InChI=1S/C11H6ClF3N6/c12-8-3-7(11(13,14)15)1-2-9(8)17-5-6(4-16)10-18-20-21-19-10/h1-3,5,17H,(H,18,19,20,21). The number of hydrogen-bond donors (Lipinski definition) is 2. The van der Waals surface area contributed by atoms with Gasteiger partial charge in [0.25, 0.3) is 0 Å². The minimum atomic E-state index is -4.47. The molecule has 1 aromatic carbocycles. The van der Waals surface area contributed by atoms with Crippen molar-refractivity contribution in [2.75, 3.05) is 5.32 Å². The molecule has 0 aliphatic carbocycles. The van der Waals surface area contributed by atoms with Crippen LogP contribution in [0, 0.1) is 11.3 Å². The number of halogens is 4. The molecule has 0 amide bonds. The zero-order valence-electron chi connectivity index (χ0n) is 10.1. The van der Waals surface area contributed by atoms with E-state index in [2.05, 4.69) is 25.9 Å². The second kappa shape index (κ2) is 5.80. The summed E-state index contributed by atoms with van der Waals surface area (Å²) in [4.78, 5) is 0. The maximum absolute atomic E-state index is 12.5. The van der Waals surface area contributed by atoms with Crippen LogP contribution >= 0.6 is 11.6 Å². The molecular formula is C11H6ClF3N6. The van der Waals surface area contributed by atoms with Crippen LogP contribution in [0.5, 0.6) is 0 Å². The number of hydrogen-bond acceptors (Lipinski definition) is 5. The van der Waals surface area contributed by atoms with Crippen LogP contribution in [0.2, 0.25) is 5.02 Å². The van der Waals surface area contributed by atoms with Gasteiger partial charge in [0.05, 0.1) is 16.3 Å². The average Bonchev–Trinajstić information content (AvgIpc) is 2.94. The average molecular weight is 315 g/mol. The first-order chi connectivity index (χ1) is 9.91. The number of aromatic nitrogens is 4. The van der Waals surface area contributed by atoms with Crippen LogP contribution in [0.15, 0.2) is 24.4 Å². The Hall–Kier alpha value is -2.60. The van der Waals surface area contributed by atoms with Crippen LogP contribution in [0.25, 0.3) is 5.57 Å². The number of anilines is 1. The number of H-pyrrole nitrogens is 1.